The average molecular weight is 425 g/mol. The summed E-state index contributed by atoms with van der Waals surface area (Å²) in [6.45, 7) is 3.56. The third kappa shape index (κ3) is 5.24. The second kappa shape index (κ2) is 10.3. The fourth-order valence-electron chi connectivity index (χ4n) is 2.92. The SMILES string of the molecule is CCN(CC(=O)Nc1c(Cl)cccc1Cl)C(=O)C1(OC)CCNCC1.Cl. The molecule has 2 rings (SSSR count). The number of benzene rings is 1. The van der Waals surface area contributed by atoms with E-state index in [0.29, 0.717) is 48.2 Å². The maximum atomic E-state index is 12.9. The first-order valence-electron chi connectivity index (χ1n) is 8.22. The van der Waals surface area contributed by atoms with Crippen LogP contribution in [0.5, 0.6) is 0 Å². The number of likely N-dealkylation sites (N-methyl/N-ethyl adjacent to an activating group) is 1. The number of ether oxygens (including phenoxy) is 1. The Morgan fingerprint density at radius 2 is 1.85 bits per heavy atom. The standard InChI is InChI=1S/C17H23Cl2N3O3.ClH/c1-3-22(16(24)17(25-2)7-9-20-10-8-17)11-14(23)21-15-12(18)5-4-6-13(15)19;/h4-6,20H,3,7-11H2,1-2H3,(H,21,23);1H. The van der Waals surface area contributed by atoms with Crippen molar-refractivity contribution in [3.63, 3.8) is 0 Å². The normalized spacial score (nSPS) is 15.7. The van der Waals surface area contributed by atoms with E-state index in [-0.39, 0.29) is 30.8 Å². The van der Waals surface area contributed by atoms with Crippen LogP contribution in [0.25, 0.3) is 0 Å². The van der Waals surface area contributed by atoms with Crippen molar-refractivity contribution in [3.8, 4) is 0 Å². The first-order valence-corrected chi connectivity index (χ1v) is 8.98. The molecule has 146 valence electrons. The lowest BCUT2D eigenvalue weighted by Crippen LogP contribution is -2.56. The van der Waals surface area contributed by atoms with E-state index in [4.69, 9.17) is 27.9 Å². The molecule has 1 aromatic rings. The summed E-state index contributed by atoms with van der Waals surface area (Å²) in [5.74, 6) is -0.523. The fourth-order valence-corrected chi connectivity index (χ4v) is 3.41. The van der Waals surface area contributed by atoms with Crippen LogP contribution < -0.4 is 10.6 Å². The molecule has 1 aliphatic heterocycles. The number of piperidine rings is 1. The Morgan fingerprint density at radius 1 is 1.27 bits per heavy atom. The number of carbonyl (C=O) groups is 2. The Balaban J connectivity index is 0.00000338. The molecule has 1 fully saturated rings. The molecule has 0 atom stereocenters. The van der Waals surface area contributed by atoms with Crippen LogP contribution in [-0.2, 0) is 14.3 Å². The number of amides is 2. The molecule has 1 aliphatic rings. The molecule has 0 aliphatic carbocycles. The van der Waals surface area contributed by atoms with E-state index in [0.717, 1.165) is 0 Å². The zero-order chi connectivity index (χ0) is 18.4. The summed E-state index contributed by atoms with van der Waals surface area (Å²) in [7, 11) is 1.54. The molecule has 0 spiro atoms. The Kier molecular flexibility index (Phi) is 9.13. The number of hydrogen-bond acceptors (Lipinski definition) is 4. The summed E-state index contributed by atoms with van der Waals surface area (Å²) in [6, 6.07) is 4.98. The number of carbonyl (C=O) groups excluding carboxylic acids is 2. The second-order valence-electron chi connectivity index (χ2n) is 5.91. The largest absolute Gasteiger partial charge is 0.368 e. The summed E-state index contributed by atoms with van der Waals surface area (Å²) >= 11 is 12.1. The molecule has 0 saturated carbocycles. The van der Waals surface area contributed by atoms with Crippen molar-refractivity contribution in [2.24, 2.45) is 0 Å². The molecule has 6 nitrogen and oxygen atoms in total. The van der Waals surface area contributed by atoms with E-state index in [2.05, 4.69) is 10.6 Å². The lowest BCUT2D eigenvalue weighted by Gasteiger charge is -2.38. The van der Waals surface area contributed by atoms with Gasteiger partial charge in [0.1, 0.15) is 5.60 Å². The van der Waals surface area contributed by atoms with Crippen LogP contribution in [0.4, 0.5) is 5.69 Å². The van der Waals surface area contributed by atoms with Crippen LogP contribution in [0.1, 0.15) is 19.8 Å². The highest BCUT2D eigenvalue weighted by Gasteiger charge is 2.42. The Hall–Kier alpha value is -1.05. The lowest BCUT2D eigenvalue weighted by atomic mass is 9.90. The first kappa shape index (κ1) is 23.0. The van der Waals surface area contributed by atoms with Crippen molar-refractivity contribution in [3.05, 3.63) is 28.2 Å². The van der Waals surface area contributed by atoms with Crippen LogP contribution in [0, 0.1) is 0 Å². The van der Waals surface area contributed by atoms with Gasteiger partial charge < -0.3 is 20.3 Å². The molecule has 1 aromatic carbocycles. The minimum absolute atomic E-state index is 0. The maximum Gasteiger partial charge on any atom is 0.255 e. The molecule has 0 aromatic heterocycles. The van der Waals surface area contributed by atoms with E-state index < -0.39 is 5.60 Å². The van der Waals surface area contributed by atoms with Gasteiger partial charge in [-0.1, -0.05) is 29.3 Å². The predicted molar refractivity (Wildman–Crippen MR) is 106 cm³/mol. The van der Waals surface area contributed by atoms with Gasteiger partial charge in [-0.25, -0.2) is 0 Å². The van der Waals surface area contributed by atoms with Crippen molar-refractivity contribution >= 4 is 53.1 Å². The van der Waals surface area contributed by atoms with E-state index in [1.807, 2.05) is 6.92 Å². The van der Waals surface area contributed by atoms with E-state index in [1.54, 1.807) is 25.3 Å². The average Bonchev–Trinajstić information content (AvgIpc) is 2.63. The molecule has 2 N–H and O–H groups in total. The topological polar surface area (TPSA) is 70.7 Å². The highest BCUT2D eigenvalue weighted by Crippen LogP contribution is 2.30. The summed E-state index contributed by atoms with van der Waals surface area (Å²) in [6.07, 6.45) is 1.16. The number of anilines is 1. The Morgan fingerprint density at radius 3 is 2.35 bits per heavy atom. The van der Waals surface area contributed by atoms with Crippen molar-refractivity contribution in [2.45, 2.75) is 25.4 Å². The molecular formula is C17H24Cl3N3O3. The van der Waals surface area contributed by atoms with Crippen molar-refractivity contribution in [1.29, 1.82) is 0 Å². The van der Waals surface area contributed by atoms with Crippen LogP contribution >= 0.6 is 35.6 Å². The summed E-state index contributed by atoms with van der Waals surface area (Å²) in [4.78, 5) is 26.8. The Labute approximate surface area is 169 Å². The molecule has 0 bridgehead atoms. The summed E-state index contributed by atoms with van der Waals surface area (Å²) in [5.41, 5.74) is -0.522. The predicted octanol–water partition coefficient (Wildman–Crippen LogP) is 2.97. The number of nitrogens with zero attached hydrogens (tertiary/aromatic N) is 1. The van der Waals surface area contributed by atoms with Gasteiger partial charge in [-0.3, -0.25) is 9.59 Å². The van der Waals surface area contributed by atoms with Gasteiger partial charge in [0.05, 0.1) is 22.3 Å². The third-order valence-electron chi connectivity index (χ3n) is 4.42. The van der Waals surface area contributed by atoms with E-state index >= 15 is 0 Å². The first-order chi connectivity index (χ1) is 11.9. The van der Waals surface area contributed by atoms with Gasteiger partial charge in [0, 0.05) is 13.7 Å². The van der Waals surface area contributed by atoms with Gasteiger partial charge in [0.25, 0.3) is 5.91 Å². The van der Waals surface area contributed by atoms with Gasteiger partial charge in [0.2, 0.25) is 5.91 Å². The Bertz CT molecular complexity index is 617. The van der Waals surface area contributed by atoms with Crippen LogP contribution in [-0.4, -0.2) is 55.6 Å². The highest BCUT2D eigenvalue weighted by molar-refractivity contribution is 6.39. The maximum absolute atomic E-state index is 12.9. The summed E-state index contributed by atoms with van der Waals surface area (Å²) < 4.78 is 5.56. The molecular weight excluding hydrogens is 401 g/mol. The third-order valence-corrected chi connectivity index (χ3v) is 5.05. The van der Waals surface area contributed by atoms with Gasteiger partial charge in [0.15, 0.2) is 0 Å². The van der Waals surface area contributed by atoms with E-state index in [9.17, 15) is 9.59 Å². The minimum Gasteiger partial charge on any atom is -0.368 e. The molecule has 9 heteroatoms. The molecule has 26 heavy (non-hydrogen) atoms. The molecule has 0 unspecified atom stereocenters. The van der Waals surface area contributed by atoms with Crippen molar-refractivity contribution in [1.82, 2.24) is 10.2 Å². The van der Waals surface area contributed by atoms with Crippen molar-refractivity contribution in [2.75, 3.05) is 38.6 Å². The quantitative estimate of drug-likeness (QED) is 0.736. The van der Waals surface area contributed by atoms with Crippen LogP contribution in [0.2, 0.25) is 10.0 Å². The van der Waals surface area contributed by atoms with Crippen LogP contribution in [0.15, 0.2) is 18.2 Å². The number of para-hydroxylation sites is 1. The number of nitrogens with one attached hydrogen (secondary N) is 2. The second-order valence-corrected chi connectivity index (χ2v) is 6.73. The van der Waals surface area contributed by atoms with E-state index in [1.165, 1.54) is 4.90 Å². The number of rotatable bonds is 6. The molecule has 0 radical (unpaired) electrons. The molecule has 2 amide bonds. The monoisotopic (exact) mass is 423 g/mol. The minimum atomic E-state index is -0.871. The van der Waals surface area contributed by atoms with Gasteiger partial charge >= 0.3 is 0 Å². The van der Waals surface area contributed by atoms with Gasteiger partial charge in [-0.15, -0.1) is 12.4 Å². The zero-order valence-corrected chi connectivity index (χ0v) is 17.1. The zero-order valence-electron chi connectivity index (χ0n) is 14.8. The highest BCUT2D eigenvalue weighted by atomic mass is 35.5. The fraction of sp³-hybridized carbons (Fsp3) is 0.529. The number of methoxy groups -OCH3 is 1. The number of hydrogen-bond donors (Lipinski definition) is 2. The van der Waals surface area contributed by atoms with Gasteiger partial charge in [-0.2, -0.15) is 0 Å². The molecule has 1 heterocycles. The van der Waals surface area contributed by atoms with Gasteiger partial charge in [-0.05, 0) is 45.0 Å². The van der Waals surface area contributed by atoms with Crippen LogP contribution in [0.3, 0.4) is 0 Å². The van der Waals surface area contributed by atoms with Crippen molar-refractivity contribution < 1.29 is 14.3 Å². The lowest BCUT2D eigenvalue weighted by molar-refractivity contribution is -0.159. The summed E-state index contributed by atoms with van der Waals surface area (Å²) in [5, 5.41) is 6.59. The number of halogens is 3. The smallest absolute Gasteiger partial charge is 0.255 e. The molecule has 1 saturated heterocycles.